The first kappa shape index (κ1) is 84.7. The number of nitrogens with zero attached hydrogens (tertiary/aromatic N) is 4. The number of carbonyl (C=O) groups excluding carboxylic acids is 11. The van der Waals surface area contributed by atoms with Crippen molar-refractivity contribution >= 4 is 82.2 Å². The van der Waals surface area contributed by atoms with Crippen molar-refractivity contribution in [3.8, 4) is 0 Å². The van der Waals surface area contributed by atoms with Gasteiger partial charge in [-0.25, -0.2) is 9.78 Å². The Morgan fingerprint density at radius 1 is 0.702 bits per heavy atom. The number of carbonyl (C=O) groups is 11. The molecule has 9 atom stereocenters. The summed E-state index contributed by atoms with van der Waals surface area (Å²) in [7, 11) is 4.80. The van der Waals surface area contributed by atoms with Gasteiger partial charge in [-0.3, -0.25) is 52.8 Å². The predicted molar refractivity (Wildman–Crippen MR) is 390 cm³/mol. The summed E-state index contributed by atoms with van der Waals surface area (Å²) in [6.07, 6.45) is 8.74. The fourth-order valence-corrected chi connectivity index (χ4v) is 13.9. The molecule has 0 bridgehead atoms. The van der Waals surface area contributed by atoms with E-state index in [1.165, 1.54) is 30.6 Å². The number of aromatic nitrogens is 1. The molecule has 28 nitrogen and oxygen atoms in total. The first-order chi connectivity index (χ1) is 49.9. The molecule has 3 heterocycles. The van der Waals surface area contributed by atoms with Crippen LogP contribution in [0.1, 0.15) is 154 Å². The molecule has 7 N–H and O–H groups in total. The third kappa shape index (κ3) is 26.4. The average molecular weight is 1470 g/mol. The van der Waals surface area contributed by atoms with Crippen LogP contribution in [0.25, 0.3) is 0 Å². The Balaban J connectivity index is 0.837. The number of ether oxygens (including phenoxy) is 6. The van der Waals surface area contributed by atoms with Gasteiger partial charge in [-0.2, -0.15) is 0 Å². The average Bonchev–Trinajstić information content (AvgIpc) is 1.22. The second-order valence-electron chi connectivity index (χ2n) is 27.6. The predicted octanol–water partition coefficient (Wildman–Crippen LogP) is 6.08. The molecule has 9 unspecified atom stereocenters. The van der Waals surface area contributed by atoms with Crippen molar-refractivity contribution in [2.75, 3.05) is 92.4 Å². The fourth-order valence-electron chi connectivity index (χ4n) is 13.3. The van der Waals surface area contributed by atoms with Crippen LogP contribution in [0.2, 0.25) is 0 Å². The standard InChI is InChI=1S/C75H111N11O17S/c1-11-51(6)67(58(98-9)46-64(92)85-37-20-23-57(85)68(99-10)52(7)69(93)80-56(71-76-35-44-104-71)45-53-21-14-12-15-22-53)84(8)72(95)66(50(4)5)82-73(96)75(32-17-18-33-75)83-60(88)31-38-100-40-42-102-43-41-101-39-34-77-74(97)103-48-54-25-27-55(28-26-54)79-61(89)47-78-70(94)65(49(2)3)81-59(87)24-16-13-19-36-86-62(90)29-30-63(86)91/h12,14-15,21-22,25-30,35,44,49-52,56-58,65-68H,11,13,16-20,23-24,31-34,36-43,45-48H2,1-10H3,(H,77,97)(H,78,94)(H,79,89)(H,80,93)(H,81,87)(H,82,96)(H,83,88). The number of hydrogen-bond acceptors (Lipinski definition) is 19. The van der Waals surface area contributed by atoms with Crippen LogP contribution in [-0.4, -0.2) is 214 Å². The molecule has 11 amide bonds. The zero-order valence-corrected chi connectivity index (χ0v) is 63.0. The number of amides is 11. The number of likely N-dealkylation sites (tertiary alicyclic amines) is 1. The molecule has 6 rings (SSSR count). The van der Waals surface area contributed by atoms with E-state index in [-0.39, 0.29) is 156 Å². The van der Waals surface area contributed by atoms with Crippen LogP contribution < -0.4 is 37.2 Å². The summed E-state index contributed by atoms with van der Waals surface area (Å²) in [6.45, 7) is 14.8. The van der Waals surface area contributed by atoms with E-state index < -0.39 is 65.6 Å². The first-order valence-electron chi connectivity index (χ1n) is 36.5. The minimum atomic E-state index is -1.23. The molecule has 1 saturated carbocycles. The van der Waals surface area contributed by atoms with E-state index in [4.69, 9.17) is 28.4 Å². The Morgan fingerprint density at radius 2 is 1.37 bits per heavy atom. The Bertz CT molecular complexity index is 3260. The monoisotopic (exact) mass is 1470 g/mol. The second-order valence-corrected chi connectivity index (χ2v) is 28.5. The highest BCUT2D eigenvalue weighted by molar-refractivity contribution is 7.09. The molecule has 1 aromatic heterocycles. The number of alkyl carbamates (subject to hydrolysis) is 1. The number of hydrogen-bond donors (Lipinski definition) is 7. The maximum atomic E-state index is 14.8. The summed E-state index contributed by atoms with van der Waals surface area (Å²) >= 11 is 1.48. The van der Waals surface area contributed by atoms with Gasteiger partial charge in [0.2, 0.25) is 47.3 Å². The lowest BCUT2D eigenvalue weighted by Gasteiger charge is -2.41. The SMILES string of the molecule is CCC(C)C(C(CC(=O)N1CCCC1C(OC)C(C)C(=O)NC(Cc1ccccc1)c1nccs1)OC)N(C)C(=O)C(NC(=O)C1(NC(=O)CCOCCOCCOCCNC(=O)OCc2ccc(NC(=O)CNC(=O)C(NC(=O)CCCCCN3C(=O)C=CC3=O)C(C)C)cc2)CCCC1)C(C)C. The van der Waals surface area contributed by atoms with E-state index in [2.05, 4.69) is 42.2 Å². The van der Waals surface area contributed by atoms with Gasteiger partial charge in [0.25, 0.3) is 11.8 Å². The van der Waals surface area contributed by atoms with Crippen LogP contribution in [0.5, 0.6) is 0 Å². The number of thiazole rings is 1. The summed E-state index contributed by atoms with van der Waals surface area (Å²) < 4.78 is 34.4. The summed E-state index contributed by atoms with van der Waals surface area (Å²) in [5.74, 6) is -4.91. The summed E-state index contributed by atoms with van der Waals surface area (Å²) in [6, 6.07) is 13.4. The number of benzene rings is 2. The van der Waals surface area contributed by atoms with Gasteiger partial charge in [-0.15, -0.1) is 11.3 Å². The lowest BCUT2D eigenvalue weighted by molar-refractivity contribution is -0.148. The van der Waals surface area contributed by atoms with E-state index in [1.807, 2.05) is 70.3 Å². The molecular weight excluding hydrogens is 1360 g/mol. The van der Waals surface area contributed by atoms with Crippen molar-refractivity contribution < 1.29 is 81.2 Å². The quantitative estimate of drug-likeness (QED) is 0.0249. The molecule has 574 valence electrons. The van der Waals surface area contributed by atoms with Crippen molar-refractivity contribution in [2.24, 2.45) is 23.7 Å². The zero-order chi connectivity index (χ0) is 75.7. The van der Waals surface area contributed by atoms with Crippen molar-refractivity contribution in [1.29, 1.82) is 0 Å². The molecule has 3 aromatic rings. The van der Waals surface area contributed by atoms with Gasteiger partial charge >= 0.3 is 6.09 Å². The van der Waals surface area contributed by atoms with Gasteiger partial charge in [-0.05, 0) is 86.0 Å². The van der Waals surface area contributed by atoms with Crippen LogP contribution in [0.3, 0.4) is 0 Å². The third-order valence-corrected chi connectivity index (χ3v) is 20.2. The van der Waals surface area contributed by atoms with Crippen molar-refractivity contribution in [2.45, 2.75) is 193 Å². The Kier molecular flexibility index (Phi) is 35.8. The van der Waals surface area contributed by atoms with Gasteiger partial charge in [0.1, 0.15) is 29.2 Å². The molecule has 2 fully saturated rings. The molecule has 104 heavy (non-hydrogen) atoms. The van der Waals surface area contributed by atoms with Crippen molar-refractivity contribution in [1.82, 2.24) is 51.6 Å². The molecule has 3 aliphatic rings. The van der Waals surface area contributed by atoms with Gasteiger partial charge < -0.3 is 75.4 Å². The molecule has 2 aliphatic heterocycles. The van der Waals surface area contributed by atoms with E-state index in [1.54, 1.807) is 68.3 Å². The molecule has 0 spiro atoms. The number of likely N-dealkylation sites (N-methyl/N-ethyl adjacent to an activating group) is 1. The maximum absolute atomic E-state index is 14.8. The lowest BCUT2D eigenvalue weighted by Crippen LogP contribution is -2.63. The molecule has 0 radical (unpaired) electrons. The maximum Gasteiger partial charge on any atom is 0.407 e. The van der Waals surface area contributed by atoms with Crippen LogP contribution in [0.4, 0.5) is 10.5 Å². The Hall–Kier alpha value is -8.22. The Labute approximate surface area is 615 Å². The number of unbranched alkanes of at least 4 members (excludes halogenated alkanes) is 2. The zero-order valence-electron chi connectivity index (χ0n) is 62.2. The normalized spacial score (nSPS) is 17.1. The summed E-state index contributed by atoms with van der Waals surface area (Å²) in [5, 5.41) is 22.6. The lowest BCUT2D eigenvalue weighted by atomic mass is 9.89. The molecule has 2 aromatic carbocycles. The van der Waals surface area contributed by atoms with Crippen molar-refractivity contribution in [3.05, 3.63) is 94.5 Å². The minimum Gasteiger partial charge on any atom is -0.445 e. The summed E-state index contributed by atoms with van der Waals surface area (Å²) in [4.78, 5) is 155. The van der Waals surface area contributed by atoms with Crippen molar-refractivity contribution in [3.63, 3.8) is 0 Å². The number of rotatable bonds is 46. The molecular formula is C75H111N11O17S. The third-order valence-electron chi connectivity index (χ3n) is 19.3. The van der Waals surface area contributed by atoms with Crippen LogP contribution in [0, 0.1) is 23.7 Å². The highest BCUT2D eigenvalue weighted by atomic mass is 32.1. The molecule has 1 saturated heterocycles. The highest BCUT2D eigenvalue weighted by Gasteiger charge is 2.47. The number of methoxy groups -OCH3 is 2. The molecule has 29 heteroatoms. The largest absolute Gasteiger partial charge is 0.445 e. The van der Waals surface area contributed by atoms with E-state index in [0.29, 0.717) is 82.0 Å². The summed E-state index contributed by atoms with van der Waals surface area (Å²) in [5.41, 5.74) is 0.935. The smallest absolute Gasteiger partial charge is 0.407 e. The van der Waals surface area contributed by atoms with Gasteiger partial charge in [0.05, 0.1) is 88.9 Å². The fraction of sp³-hybridized carbons (Fsp3) is 0.627. The van der Waals surface area contributed by atoms with E-state index in [0.717, 1.165) is 21.9 Å². The molecule has 1 aliphatic carbocycles. The van der Waals surface area contributed by atoms with Gasteiger partial charge in [0.15, 0.2) is 0 Å². The van der Waals surface area contributed by atoms with Crippen LogP contribution in [-0.2, 0) is 89.4 Å². The van der Waals surface area contributed by atoms with Crippen LogP contribution in [0.15, 0.2) is 78.3 Å². The van der Waals surface area contributed by atoms with E-state index in [9.17, 15) is 52.7 Å². The van der Waals surface area contributed by atoms with Gasteiger partial charge in [-0.1, -0.05) is 117 Å². The number of anilines is 1. The number of imide groups is 1. The first-order valence-corrected chi connectivity index (χ1v) is 37.4. The second kappa shape index (κ2) is 43.9. The Morgan fingerprint density at radius 3 is 1.99 bits per heavy atom. The number of nitrogens with one attached hydrogen (secondary N) is 7. The topological polar surface area (TPSA) is 350 Å². The van der Waals surface area contributed by atoms with Crippen LogP contribution >= 0.6 is 11.3 Å². The minimum absolute atomic E-state index is 0.0126. The highest BCUT2D eigenvalue weighted by Crippen LogP contribution is 2.33. The van der Waals surface area contributed by atoms with E-state index >= 15 is 0 Å². The van der Waals surface area contributed by atoms with Gasteiger partial charge in [0, 0.05) is 83.2 Å².